The fourth-order valence-corrected chi connectivity index (χ4v) is 2.74. The summed E-state index contributed by atoms with van der Waals surface area (Å²) in [7, 11) is 1.86. The van der Waals surface area contributed by atoms with Gasteiger partial charge < -0.3 is 10.4 Å². The number of aryl methyl sites for hydroxylation is 1. The molecule has 5 heteroatoms. The molecule has 0 aliphatic carbocycles. The van der Waals surface area contributed by atoms with E-state index in [0.29, 0.717) is 30.1 Å². The van der Waals surface area contributed by atoms with Gasteiger partial charge in [0.15, 0.2) is 0 Å². The second-order valence-electron chi connectivity index (χ2n) is 5.71. The van der Waals surface area contributed by atoms with E-state index >= 15 is 0 Å². The number of hydrogen-bond donors (Lipinski definition) is 2. The van der Waals surface area contributed by atoms with Crippen LogP contribution in [0.2, 0.25) is 5.15 Å². The normalized spacial score (nSPS) is 13.4. The van der Waals surface area contributed by atoms with Gasteiger partial charge in [0, 0.05) is 25.7 Å². The molecule has 1 unspecified atom stereocenters. The third kappa shape index (κ3) is 4.21. The van der Waals surface area contributed by atoms with Crippen LogP contribution >= 0.6 is 11.6 Å². The third-order valence-corrected chi connectivity index (χ3v) is 4.37. The summed E-state index contributed by atoms with van der Waals surface area (Å²) >= 11 is 6.29. The predicted octanol–water partition coefficient (Wildman–Crippen LogP) is 3.08. The number of aliphatic hydroxyl groups excluding tert-OH is 1. The average Bonchev–Trinajstić information content (AvgIpc) is 2.68. The van der Waals surface area contributed by atoms with Crippen LogP contribution in [-0.4, -0.2) is 27.5 Å². The maximum absolute atomic E-state index is 10.1. The summed E-state index contributed by atoms with van der Waals surface area (Å²) in [4.78, 5) is 0. The van der Waals surface area contributed by atoms with E-state index in [1.165, 1.54) is 0 Å². The number of aromatic nitrogens is 2. The quantitative estimate of drug-likeness (QED) is 0.776. The van der Waals surface area contributed by atoms with Gasteiger partial charge in [0.2, 0.25) is 0 Å². The molecule has 0 aliphatic rings. The van der Waals surface area contributed by atoms with Gasteiger partial charge in [-0.2, -0.15) is 5.10 Å². The summed E-state index contributed by atoms with van der Waals surface area (Å²) in [5.74, 6) is 0.700. The number of halogens is 1. The molecule has 0 spiro atoms. The summed E-state index contributed by atoms with van der Waals surface area (Å²) in [6, 6.07) is 0. The first-order valence-electron chi connectivity index (χ1n) is 7.52. The molecule has 0 fully saturated rings. The lowest BCUT2D eigenvalue weighted by atomic mass is 9.96. The average molecular weight is 302 g/mol. The summed E-state index contributed by atoms with van der Waals surface area (Å²) in [5.41, 5.74) is 2.07. The molecule has 0 bridgehead atoms. The SMILES string of the molecule is CCC(CC)C(O)CNCc1c(C(C)C)nn(C)c1Cl. The predicted molar refractivity (Wildman–Crippen MR) is 84.1 cm³/mol. The first-order valence-corrected chi connectivity index (χ1v) is 7.90. The minimum absolute atomic E-state index is 0.303. The van der Waals surface area contributed by atoms with Gasteiger partial charge in [-0.1, -0.05) is 52.1 Å². The van der Waals surface area contributed by atoms with Crippen LogP contribution in [0.25, 0.3) is 0 Å². The number of rotatable bonds is 8. The molecule has 4 nitrogen and oxygen atoms in total. The van der Waals surface area contributed by atoms with Crippen molar-refractivity contribution >= 4 is 11.6 Å². The van der Waals surface area contributed by atoms with E-state index in [4.69, 9.17) is 11.6 Å². The molecule has 0 amide bonds. The molecule has 0 aliphatic heterocycles. The smallest absolute Gasteiger partial charge is 0.131 e. The van der Waals surface area contributed by atoms with Crippen molar-refractivity contribution < 1.29 is 5.11 Å². The van der Waals surface area contributed by atoms with Crippen molar-refractivity contribution in [3.63, 3.8) is 0 Å². The summed E-state index contributed by atoms with van der Waals surface area (Å²) in [5, 5.41) is 18.6. The van der Waals surface area contributed by atoms with Crippen LogP contribution in [0.5, 0.6) is 0 Å². The molecule has 0 saturated carbocycles. The summed E-state index contributed by atoms with van der Waals surface area (Å²) in [6.07, 6.45) is 1.71. The zero-order valence-electron chi connectivity index (χ0n) is 13.3. The van der Waals surface area contributed by atoms with Crippen LogP contribution in [0.15, 0.2) is 0 Å². The van der Waals surface area contributed by atoms with Crippen molar-refractivity contribution in [2.45, 2.75) is 59.1 Å². The molecule has 0 saturated heterocycles. The van der Waals surface area contributed by atoms with Gasteiger partial charge in [-0.15, -0.1) is 0 Å². The summed E-state index contributed by atoms with van der Waals surface area (Å²) in [6.45, 7) is 9.70. The van der Waals surface area contributed by atoms with E-state index in [1.807, 2.05) is 7.05 Å². The number of nitrogens with one attached hydrogen (secondary N) is 1. The Balaban J connectivity index is 2.62. The van der Waals surface area contributed by atoms with Gasteiger partial charge in [0.1, 0.15) is 5.15 Å². The van der Waals surface area contributed by atoms with Gasteiger partial charge >= 0.3 is 0 Å². The minimum Gasteiger partial charge on any atom is -0.392 e. The Hall–Kier alpha value is -0.580. The van der Waals surface area contributed by atoms with Gasteiger partial charge in [-0.25, -0.2) is 0 Å². The van der Waals surface area contributed by atoms with Crippen molar-refractivity contribution in [1.29, 1.82) is 0 Å². The Morgan fingerprint density at radius 2 is 1.90 bits per heavy atom. The molecule has 0 aromatic carbocycles. The molecule has 1 rings (SSSR count). The highest BCUT2D eigenvalue weighted by atomic mass is 35.5. The lowest BCUT2D eigenvalue weighted by Gasteiger charge is -2.20. The van der Waals surface area contributed by atoms with Gasteiger partial charge in [-0.3, -0.25) is 4.68 Å². The highest BCUT2D eigenvalue weighted by molar-refractivity contribution is 6.30. The van der Waals surface area contributed by atoms with Crippen molar-refractivity contribution in [2.24, 2.45) is 13.0 Å². The molecule has 0 radical (unpaired) electrons. The second kappa shape index (κ2) is 8.01. The van der Waals surface area contributed by atoms with Crippen LogP contribution in [-0.2, 0) is 13.6 Å². The number of aliphatic hydroxyl groups is 1. The van der Waals surface area contributed by atoms with Crippen LogP contribution in [0, 0.1) is 5.92 Å². The zero-order chi connectivity index (χ0) is 15.3. The lowest BCUT2D eigenvalue weighted by Crippen LogP contribution is -2.32. The first-order chi connectivity index (χ1) is 9.42. The van der Waals surface area contributed by atoms with E-state index in [2.05, 4.69) is 38.1 Å². The van der Waals surface area contributed by atoms with Crippen molar-refractivity contribution in [1.82, 2.24) is 15.1 Å². The van der Waals surface area contributed by atoms with E-state index in [-0.39, 0.29) is 6.10 Å². The van der Waals surface area contributed by atoms with Crippen LogP contribution in [0.4, 0.5) is 0 Å². The molecule has 1 aromatic rings. The largest absolute Gasteiger partial charge is 0.392 e. The van der Waals surface area contributed by atoms with Crippen LogP contribution in [0.1, 0.15) is 57.7 Å². The topological polar surface area (TPSA) is 50.1 Å². The lowest BCUT2D eigenvalue weighted by molar-refractivity contribution is 0.101. The maximum Gasteiger partial charge on any atom is 0.131 e. The first kappa shape index (κ1) is 17.5. The van der Waals surface area contributed by atoms with E-state index in [0.717, 1.165) is 24.1 Å². The third-order valence-electron chi connectivity index (χ3n) is 3.90. The monoisotopic (exact) mass is 301 g/mol. The zero-order valence-corrected chi connectivity index (χ0v) is 14.0. The highest BCUT2D eigenvalue weighted by Gasteiger charge is 2.18. The summed E-state index contributed by atoms with van der Waals surface area (Å²) < 4.78 is 1.71. The van der Waals surface area contributed by atoms with E-state index in [1.54, 1.807) is 4.68 Å². The minimum atomic E-state index is -0.303. The van der Waals surface area contributed by atoms with Crippen molar-refractivity contribution in [2.75, 3.05) is 6.54 Å². The fraction of sp³-hybridized carbons (Fsp3) is 0.800. The molecule has 116 valence electrons. The molecular weight excluding hydrogens is 274 g/mol. The molecule has 20 heavy (non-hydrogen) atoms. The molecule has 1 heterocycles. The molecular formula is C15H28ClN3O. The maximum atomic E-state index is 10.1. The molecule has 1 atom stereocenters. The number of hydrogen-bond acceptors (Lipinski definition) is 3. The second-order valence-corrected chi connectivity index (χ2v) is 6.07. The Morgan fingerprint density at radius 3 is 2.40 bits per heavy atom. The van der Waals surface area contributed by atoms with Crippen LogP contribution < -0.4 is 5.32 Å². The van der Waals surface area contributed by atoms with E-state index < -0.39 is 0 Å². The fourth-order valence-electron chi connectivity index (χ4n) is 2.54. The van der Waals surface area contributed by atoms with E-state index in [9.17, 15) is 5.11 Å². The Bertz CT molecular complexity index is 413. The Kier molecular flexibility index (Phi) is 7.00. The molecule has 2 N–H and O–H groups in total. The van der Waals surface area contributed by atoms with Crippen LogP contribution in [0.3, 0.4) is 0 Å². The van der Waals surface area contributed by atoms with Crippen molar-refractivity contribution in [3.05, 3.63) is 16.4 Å². The number of nitrogens with zero attached hydrogens (tertiary/aromatic N) is 2. The highest BCUT2D eigenvalue weighted by Crippen LogP contribution is 2.25. The Labute approximate surface area is 127 Å². The Morgan fingerprint density at radius 1 is 1.30 bits per heavy atom. The molecule has 1 aromatic heterocycles. The van der Waals surface area contributed by atoms with Gasteiger partial charge in [0.05, 0.1) is 11.8 Å². The van der Waals surface area contributed by atoms with Gasteiger partial charge in [0.25, 0.3) is 0 Å². The van der Waals surface area contributed by atoms with Gasteiger partial charge in [-0.05, 0) is 11.8 Å². The standard InChI is InChI=1S/C15H28ClN3O/c1-6-11(7-2)13(20)9-17-8-12-14(10(3)4)18-19(5)15(12)16/h10-11,13,17,20H,6-9H2,1-5H3. The van der Waals surface area contributed by atoms with Crippen molar-refractivity contribution in [3.8, 4) is 0 Å².